The fourth-order valence-corrected chi connectivity index (χ4v) is 0.769. The van der Waals surface area contributed by atoms with Gasteiger partial charge >= 0.3 is 0 Å². The minimum absolute atomic E-state index is 0.0713. The Balaban J connectivity index is 2.70. The predicted octanol–water partition coefficient (Wildman–Crippen LogP) is -1.60. The van der Waals surface area contributed by atoms with Crippen molar-refractivity contribution in [3.63, 3.8) is 0 Å². The van der Waals surface area contributed by atoms with E-state index in [0.29, 0.717) is 5.82 Å². The van der Waals surface area contributed by atoms with Crippen molar-refractivity contribution in [3.05, 3.63) is 12.3 Å². The summed E-state index contributed by atoms with van der Waals surface area (Å²) in [6.45, 7) is -0.0713. The van der Waals surface area contributed by atoms with Crippen molar-refractivity contribution in [2.75, 3.05) is 11.9 Å². The zero-order valence-electron chi connectivity index (χ0n) is 6.86. The van der Waals surface area contributed by atoms with Crippen LogP contribution in [0.4, 0.5) is 5.82 Å². The van der Waals surface area contributed by atoms with E-state index in [1.807, 2.05) is 0 Å². The smallest absolute Gasteiger partial charge is 0.204 e. The Morgan fingerprint density at radius 1 is 1.83 bits per heavy atom. The molecule has 0 spiro atoms. The largest absolute Gasteiger partial charge is 0.358 e. The second kappa shape index (κ2) is 3.10. The molecule has 68 valence electrons. The molecule has 1 aromatic heterocycles. The summed E-state index contributed by atoms with van der Waals surface area (Å²) in [5.74, 6) is -0.959. The molecule has 0 radical (unpaired) electrons. The van der Waals surface area contributed by atoms with Crippen molar-refractivity contribution >= 4 is 5.82 Å². The summed E-state index contributed by atoms with van der Waals surface area (Å²) >= 11 is 0. The fraction of sp³-hybridized carbons (Fsp3) is 0.500. The Labute approximate surface area is 70.2 Å². The summed E-state index contributed by atoms with van der Waals surface area (Å²) < 4.78 is 1.55. The molecule has 6 nitrogen and oxygen atoms in total. The lowest BCUT2D eigenvalue weighted by Crippen LogP contribution is -2.54. The van der Waals surface area contributed by atoms with E-state index in [4.69, 9.17) is 11.5 Å². The van der Waals surface area contributed by atoms with Crippen LogP contribution < -0.4 is 16.8 Å². The maximum atomic E-state index is 9.32. The zero-order valence-corrected chi connectivity index (χ0v) is 6.86. The van der Waals surface area contributed by atoms with E-state index in [-0.39, 0.29) is 6.54 Å². The maximum Gasteiger partial charge on any atom is 0.204 e. The molecule has 0 bridgehead atoms. The van der Waals surface area contributed by atoms with Gasteiger partial charge in [-0.3, -0.25) is 10.4 Å². The first kappa shape index (κ1) is 8.98. The average molecular weight is 171 g/mol. The van der Waals surface area contributed by atoms with E-state index in [1.165, 1.54) is 0 Å². The lowest BCUT2D eigenvalue weighted by atomic mass is 10.4. The number of anilines is 1. The molecule has 1 unspecified atom stereocenters. The number of aromatic nitrogens is 2. The molecule has 12 heavy (non-hydrogen) atoms. The van der Waals surface area contributed by atoms with Gasteiger partial charge < -0.3 is 16.2 Å². The zero-order chi connectivity index (χ0) is 9.19. The number of hydrogen-bond acceptors (Lipinski definition) is 5. The topological polar surface area (TPSA) is 102 Å². The van der Waals surface area contributed by atoms with Gasteiger partial charge in [-0.05, 0) is 0 Å². The van der Waals surface area contributed by atoms with Crippen LogP contribution in [-0.4, -0.2) is 27.3 Å². The Hall–Kier alpha value is -1.11. The van der Waals surface area contributed by atoms with Crippen molar-refractivity contribution in [1.82, 2.24) is 9.78 Å². The van der Waals surface area contributed by atoms with Crippen LogP contribution in [0.15, 0.2) is 12.3 Å². The summed E-state index contributed by atoms with van der Waals surface area (Å²) in [5, 5.41) is 15.8. The van der Waals surface area contributed by atoms with Crippen LogP contribution in [-0.2, 0) is 7.05 Å². The van der Waals surface area contributed by atoms with Crippen molar-refractivity contribution in [3.8, 4) is 0 Å². The standard InChI is InChI=1S/C6H13N5O/c1-11-5(2-3-9-11)10-6(8,12)4-7/h2-3,10,12H,4,7-8H2,1H3. The molecule has 0 fully saturated rings. The molecule has 1 rings (SSSR count). The minimum Gasteiger partial charge on any atom is -0.358 e. The van der Waals surface area contributed by atoms with Crippen molar-refractivity contribution < 1.29 is 5.11 Å². The Kier molecular flexibility index (Phi) is 2.32. The second-order valence-corrected chi connectivity index (χ2v) is 2.59. The fourth-order valence-electron chi connectivity index (χ4n) is 0.769. The van der Waals surface area contributed by atoms with E-state index in [1.54, 1.807) is 24.0 Å². The quantitative estimate of drug-likeness (QED) is 0.410. The molecule has 0 amide bonds. The molecular weight excluding hydrogens is 158 g/mol. The number of hydrogen-bond donors (Lipinski definition) is 4. The highest BCUT2D eigenvalue weighted by Crippen LogP contribution is 2.06. The number of aliphatic hydroxyl groups is 1. The van der Waals surface area contributed by atoms with E-state index in [2.05, 4.69) is 10.4 Å². The number of nitrogens with zero attached hydrogens (tertiary/aromatic N) is 2. The Bertz CT molecular complexity index is 256. The van der Waals surface area contributed by atoms with E-state index in [0.717, 1.165) is 0 Å². The highest BCUT2D eigenvalue weighted by atomic mass is 16.3. The average Bonchev–Trinajstić information content (AvgIpc) is 2.36. The summed E-state index contributed by atoms with van der Waals surface area (Å²) in [5.41, 5.74) is 10.6. The summed E-state index contributed by atoms with van der Waals surface area (Å²) in [6.07, 6.45) is 1.59. The first-order valence-corrected chi connectivity index (χ1v) is 3.53. The molecule has 6 heteroatoms. The first-order valence-electron chi connectivity index (χ1n) is 3.53. The third-order valence-corrected chi connectivity index (χ3v) is 1.48. The molecule has 0 aliphatic rings. The molecule has 1 heterocycles. The molecule has 6 N–H and O–H groups in total. The van der Waals surface area contributed by atoms with E-state index >= 15 is 0 Å². The van der Waals surface area contributed by atoms with Gasteiger partial charge in [0.1, 0.15) is 5.82 Å². The normalized spacial score (nSPS) is 15.7. The minimum atomic E-state index is -1.58. The summed E-state index contributed by atoms with van der Waals surface area (Å²) in [4.78, 5) is 0. The molecule has 1 aromatic rings. The highest BCUT2D eigenvalue weighted by Gasteiger charge is 2.18. The van der Waals surface area contributed by atoms with Crippen molar-refractivity contribution in [2.45, 2.75) is 5.85 Å². The molecule has 0 aliphatic heterocycles. The Morgan fingerprint density at radius 3 is 2.92 bits per heavy atom. The van der Waals surface area contributed by atoms with Gasteiger partial charge in [0.15, 0.2) is 0 Å². The number of rotatable bonds is 3. The lowest BCUT2D eigenvalue weighted by molar-refractivity contribution is 0.0854. The second-order valence-electron chi connectivity index (χ2n) is 2.59. The maximum absolute atomic E-state index is 9.32. The first-order chi connectivity index (χ1) is 5.55. The number of aryl methyl sites for hydroxylation is 1. The predicted molar refractivity (Wildman–Crippen MR) is 45.0 cm³/mol. The number of nitrogens with two attached hydrogens (primary N) is 2. The van der Waals surface area contributed by atoms with Crippen LogP contribution in [0.1, 0.15) is 0 Å². The van der Waals surface area contributed by atoms with Crippen molar-refractivity contribution in [2.24, 2.45) is 18.5 Å². The van der Waals surface area contributed by atoms with Crippen LogP contribution in [0, 0.1) is 0 Å². The van der Waals surface area contributed by atoms with E-state index in [9.17, 15) is 5.11 Å². The van der Waals surface area contributed by atoms with Gasteiger partial charge in [0, 0.05) is 13.1 Å². The molecule has 0 saturated heterocycles. The lowest BCUT2D eigenvalue weighted by Gasteiger charge is -2.23. The molecule has 1 atom stereocenters. The van der Waals surface area contributed by atoms with Crippen LogP contribution in [0.5, 0.6) is 0 Å². The van der Waals surface area contributed by atoms with Crippen molar-refractivity contribution in [1.29, 1.82) is 0 Å². The van der Waals surface area contributed by atoms with Crippen LogP contribution in [0.2, 0.25) is 0 Å². The molecule has 0 aromatic carbocycles. The van der Waals surface area contributed by atoms with Gasteiger partial charge in [0.2, 0.25) is 5.85 Å². The summed E-state index contributed by atoms with van der Waals surface area (Å²) in [6, 6.07) is 1.69. The monoisotopic (exact) mass is 171 g/mol. The Morgan fingerprint density at radius 2 is 2.50 bits per heavy atom. The van der Waals surface area contributed by atoms with Crippen LogP contribution in [0.25, 0.3) is 0 Å². The molecule has 0 saturated carbocycles. The van der Waals surface area contributed by atoms with Gasteiger partial charge in [0.05, 0.1) is 12.7 Å². The number of nitrogens with one attached hydrogen (secondary N) is 1. The SMILES string of the molecule is Cn1nccc1NC(N)(O)CN. The summed E-state index contributed by atoms with van der Waals surface area (Å²) in [7, 11) is 1.73. The molecular formula is C6H13N5O. The third-order valence-electron chi connectivity index (χ3n) is 1.48. The van der Waals surface area contributed by atoms with Crippen LogP contribution in [0.3, 0.4) is 0 Å². The van der Waals surface area contributed by atoms with Gasteiger partial charge in [-0.25, -0.2) is 0 Å². The van der Waals surface area contributed by atoms with Gasteiger partial charge in [0.25, 0.3) is 0 Å². The van der Waals surface area contributed by atoms with E-state index < -0.39 is 5.85 Å². The van der Waals surface area contributed by atoms with Crippen LogP contribution >= 0.6 is 0 Å². The highest BCUT2D eigenvalue weighted by molar-refractivity contribution is 5.35. The van der Waals surface area contributed by atoms with Gasteiger partial charge in [-0.15, -0.1) is 0 Å². The van der Waals surface area contributed by atoms with Gasteiger partial charge in [-0.1, -0.05) is 0 Å². The molecule has 0 aliphatic carbocycles. The third kappa shape index (κ3) is 1.94. The van der Waals surface area contributed by atoms with Gasteiger partial charge in [-0.2, -0.15) is 5.10 Å².